The number of imide groups is 2. The highest BCUT2D eigenvalue weighted by molar-refractivity contribution is 7.80. The Balaban J connectivity index is 1.07. The van der Waals surface area contributed by atoms with Crippen LogP contribution in [0, 0.1) is 0 Å². The maximum atomic E-state index is 14.7. The van der Waals surface area contributed by atoms with Crippen LogP contribution in [0.5, 0.6) is 0 Å². The van der Waals surface area contributed by atoms with Crippen LogP contribution in [0.25, 0.3) is 43.1 Å². The summed E-state index contributed by atoms with van der Waals surface area (Å²) in [6, 6.07) is 15.4. The number of hydrogen-bond donors (Lipinski definition) is 2. The predicted octanol–water partition coefficient (Wildman–Crippen LogP) is 13.2. The van der Waals surface area contributed by atoms with E-state index in [1.807, 2.05) is 66.8 Å². The fourth-order valence-electron chi connectivity index (χ4n) is 10.1. The zero-order valence-electron chi connectivity index (χ0n) is 34.9. The Morgan fingerprint density at radius 2 is 0.850 bits per heavy atom. The predicted molar refractivity (Wildman–Crippen MR) is 253 cm³/mol. The van der Waals surface area contributed by atoms with Gasteiger partial charge in [-0.3, -0.25) is 29.0 Å². The molecular formula is C52H58N2O4S2. The molecule has 5 aromatic rings. The normalized spacial score (nSPS) is 14.9. The standard InChI is InChI=1S/C52H58N2O4S2/c55-49-41-27-23-37-39-25-29-43-48-44(30-26-40(46(39)48)38-24-28-42(47(41)45(37)38)50(56)53(49)32-31-35-19-15-16-20-35)52(58)54(51(43)57)36(21-13-9-5-1-3-7-11-17-33-59)22-14-10-6-2-4-8-12-18-34-60/h15-16,19,23-30,36,59-60H,1-14,17-18,21-22,31-34H2. The van der Waals surface area contributed by atoms with Crippen LogP contribution in [-0.4, -0.2) is 57.5 Å². The van der Waals surface area contributed by atoms with E-state index < -0.39 is 0 Å². The van der Waals surface area contributed by atoms with Gasteiger partial charge in [-0.05, 0) is 112 Å². The molecule has 60 heavy (non-hydrogen) atoms. The molecule has 8 rings (SSSR count). The van der Waals surface area contributed by atoms with Crippen LogP contribution in [0.4, 0.5) is 0 Å². The number of hydrogen-bond acceptors (Lipinski definition) is 6. The molecule has 312 valence electrons. The van der Waals surface area contributed by atoms with E-state index in [4.69, 9.17) is 0 Å². The number of nitrogens with zero attached hydrogens (tertiary/aromatic N) is 2. The lowest BCUT2D eigenvalue weighted by molar-refractivity contribution is 0.0514. The average Bonchev–Trinajstić information content (AvgIpc) is 3.79. The van der Waals surface area contributed by atoms with Crippen molar-refractivity contribution in [2.24, 2.45) is 0 Å². The molecule has 0 N–H and O–H groups in total. The number of amides is 4. The highest BCUT2D eigenvalue weighted by Gasteiger charge is 2.39. The highest BCUT2D eigenvalue weighted by atomic mass is 32.1. The van der Waals surface area contributed by atoms with Crippen LogP contribution < -0.4 is 0 Å². The number of thiol groups is 2. The van der Waals surface area contributed by atoms with E-state index in [0.717, 1.165) is 87.9 Å². The largest absolute Gasteiger partial charge is 0.274 e. The molecule has 0 radical (unpaired) electrons. The summed E-state index contributed by atoms with van der Waals surface area (Å²) < 4.78 is 0. The van der Waals surface area contributed by atoms with Crippen molar-refractivity contribution in [1.82, 2.24) is 9.80 Å². The lowest BCUT2D eigenvalue weighted by atomic mass is 9.82. The Bertz CT molecular complexity index is 2390. The Morgan fingerprint density at radius 3 is 1.23 bits per heavy atom. The third-order valence-corrected chi connectivity index (χ3v) is 13.9. The molecule has 0 atom stereocenters. The van der Waals surface area contributed by atoms with E-state index in [0.29, 0.717) is 39.4 Å². The summed E-state index contributed by atoms with van der Waals surface area (Å²) in [4.78, 5) is 60.3. The van der Waals surface area contributed by atoms with Gasteiger partial charge in [-0.15, -0.1) is 5.73 Å². The topological polar surface area (TPSA) is 74.8 Å². The maximum absolute atomic E-state index is 14.7. The van der Waals surface area contributed by atoms with Crippen molar-refractivity contribution in [1.29, 1.82) is 0 Å². The van der Waals surface area contributed by atoms with Gasteiger partial charge >= 0.3 is 0 Å². The van der Waals surface area contributed by atoms with Gasteiger partial charge in [0.25, 0.3) is 23.6 Å². The van der Waals surface area contributed by atoms with Crippen molar-refractivity contribution in [3.63, 3.8) is 0 Å². The first-order valence-electron chi connectivity index (χ1n) is 22.7. The van der Waals surface area contributed by atoms with Crippen LogP contribution in [-0.2, 0) is 0 Å². The molecule has 4 amide bonds. The van der Waals surface area contributed by atoms with Gasteiger partial charge in [-0.1, -0.05) is 126 Å². The molecule has 0 aromatic heterocycles. The summed E-state index contributed by atoms with van der Waals surface area (Å²) in [5, 5.41) is 6.80. The number of unbranched alkanes of at least 4 members (excludes halogenated alkanes) is 14. The average molecular weight is 839 g/mol. The molecule has 0 unspecified atom stereocenters. The van der Waals surface area contributed by atoms with Crippen molar-refractivity contribution in [3.05, 3.63) is 100 Å². The fourth-order valence-corrected chi connectivity index (χ4v) is 10.6. The first kappa shape index (κ1) is 42.3. The van der Waals surface area contributed by atoms with Gasteiger partial charge in [0.1, 0.15) is 0 Å². The van der Waals surface area contributed by atoms with Crippen molar-refractivity contribution in [2.75, 3.05) is 18.1 Å². The van der Waals surface area contributed by atoms with Gasteiger partial charge in [-0.25, -0.2) is 0 Å². The minimum atomic E-state index is -0.288. The third kappa shape index (κ3) is 8.32. The van der Waals surface area contributed by atoms with Crippen molar-refractivity contribution in [3.8, 4) is 0 Å². The van der Waals surface area contributed by atoms with E-state index in [9.17, 15) is 19.2 Å². The van der Waals surface area contributed by atoms with Crippen LogP contribution >= 0.6 is 25.3 Å². The van der Waals surface area contributed by atoms with Gasteiger partial charge in [0.2, 0.25) is 0 Å². The molecule has 5 aromatic carbocycles. The summed E-state index contributed by atoms with van der Waals surface area (Å²) in [7, 11) is 0. The Hall–Kier alpha value is -4.36. The summed E-state index contributed by atoms with van der Waals surface area (Å²) in [6.45, 7) is 0.282. The van der Waals surface area contributed by atoms with E-state index in [1.165, 1.54) is 81.9 Å². The second kappa shape index (κ2) is 19.6. The minimum Gasteiger partial charge on any atom is -0.274 e. The first-order valence-corrected chi connectivity index (χ1v) is 24.0. The minimum absolute atomic E-state index is 0.138. The molecule has 0 bridgehead atoms. The second-order valence-electron chi connectivity index (χ2n) is 17.2. The molecule has 0 saturated carbocycles. The van der Waals surface area contributed by atoms with Crippen LogP contribution in [0.15, 0.2) is 78.1 Å². The zero-order valence-corrected chi connectivity index (χ0v) is 36.7. The summed E-state index contributed by atoms with van der Waals surface area (Å²) in [5.74, 6) is 0.957. The van der Waals surface area contributed by atoms with Crippen LogP contribution in [0.2, 0.25) is 0 Å². The molecule has 3 aliphatic rings. The van der Waals surface area contributed by atoms with Crippen molar-refractivity contribution < 1.29 is 19.2 Å². The SMILES string of the molecule is O=C1c2ccc3c4ccc5c6c(ccc(c7ccc(c2c37)C(=O)N1CCC1=C=CC=C1)c64)C(=O)N(C(CCCCCCCCCCS)CCCCCCCCCCS)C5=O. The maximum Gasteiger partial charge on any atom is 0.261 e. The highest BCUT2D eigenvalue weighted by Crippen LogP contribution is 2.46. The lowest BCUT2D eigenvalue weighted by Crippen LogP contribution is -2.47. The molecular weight excluding hydrogens is 781 g/mol. The molecule has 0 fully saturated rings. The Labute approximate surface area is 365 Å². The fraction of sp³-hybridized carbons (Fsp3) is 0.442. The van der Waals surface area contributed by atoms with Crippen LogP contribution in [0.1, 0.15) is 163 Å². The number of rotatable bonds is 24. The molecule has 6 nitrogen and oxygen atoms in total. The number of carbonyl (C=O) groups is 4. The molecule has 2 heterocycles. The monoisotopic (exact) mass is 838 g/mol. The first-order chi connectivity index (χ1) is 29.4. The number of allylic oxidation sites excluding steroid dienone is 2. The molecule has 0 saturated heterocycles. The molecule has 0 spiro atoms. The number of fused-ring (bicyclic) bond motifs is 2. The molecule has 1 aliphatic carbocycles. The van der Waals surface area contributed by atoms with E-state index in [-0.39, 0.29) is 36.2 Å². The Kier molecular flexibility index (Phi) is 13.8. The molecule has 2 aliphatic heterocycles. The molecule has 8 heteroatoms. The number of carbonyl (C=O) groups excluding carboxylic acids is 4. The van der Waals surface area contributed by atoms with Gasteiger partial charge in [0, 0.05) is 45.6 Å². The third-order valence-electron chi connectivity index (χ3n) is 13.3. The van der Waals surface area contributed by atoms with Gasteiger partial charge in [0.15, 0.2) is 0 Å². The Morgan fingerprint density at radius 1 is 0.467 bits per heavy atom. The van der Waals surface area contributed by atoms with E-state index in [2.05, 4.69) is 31.0 Å². The van der Waals surface area contributed by atoms with E-state index in [1.54, 1.807) is 4.90 Å². The summed E-state index contributed by atoms with van der Waals surface area (Å²) in [5.41, 5.74) is 6.33. The second-order valence-corrected chi connectivity index (χ2v) is 18.1. The van der Waals surface area contributed by atoms with Crippen molar-refractivity contribution in [2.45, 2.75) is 128 Å². The lowest BCUT2D eigenvalue weighted by Gasteiger charge is -2.35. The van der Waals surface area contributed by atoms with Crippen molar-refractivity contribution >= 4 is 92.0 Å². The zero-order chi connectivity index (χ0) is 41.6. The number of benzene rings is 5. The van der Waals surface area contributed by atoms with Gasteiger partial charge in [0.05, 0.1) is 0 Å². The smallest absolute Gasteiger partial charge is 0.261 e. The van der Waals surface area contributed by atoms with Gasteiger partial charge < -0.3 is 0 Å². The summed E-state index contributed by atoms with van der Waals surface area (Å²) in [6.07, 6.45) is 26.9. The summed E-state index contributed by atoms with van der Waals surface area (Å²) >= 11 is 8.68. The van der Waals surface area contributed by atoms with E-state index >= 15 is 0 Å². The van der Waals surface area contributed by atoms with Gasteiger partial charge in [-0.2, -0.15) is 25.3 Å². The van der Waals surface area contributed by atoms with Crippen LogP contribution in [0.3, 0.4) is 0 Å². The quantitative estimate of drug-likeness (QED) is 0.0162.